The molecule has 0 unspecified atom stereocenters. The number of thioether (sulfide) groups is 1. The van der Waals surface area contributed by atoms with Gasteiger partial charge in [-0.2, -0.15) is 11.8 Å². The maximum Gasteiger partial charge on any atom is 0.407 e. The lowest BCUT2D eigenvalue weighted by Gasteiger charge is -2.19. The van der Waals surface area contributed by atoms with Gasteiger partial charge in [-0.1, -0.05) is 0 Å². The molecule has 0 spiro atoms. The standard InChI is InChI=1S/C17H33N3O3S/c1-17(2,3)23-16(22)19-9-13-24-14-15(21)18-8-4-5-10-20-11-6-7-12-20/h4-14H2,1-3H3,(H,18,21)(H,19,22). The van der Waals surface area contributed by atoms with Gasteiger partial charge in [0.1, 0.15) is 5.60 Å². The highest BCUT2D eigenvalue weighted by Gasteiger charge is 2.15. The predicted octanol–water partition coefficient (Wildman–Crippen LogP) is 2.24. The molecule has 0 aliphatic carbocycles. The van der Waals surface area contributed by atoms with Gasteiger partial charge < -0.3 is 20.3 Å². The topological polar surface area (TPSA) is 70.7 Å². The van der Waals surface area contributed by atoms with Gasteiger partial charge >= 0.3 is 6.09 Å². The average molecular weight is 360 g/mol. The zero-order chi connectivity index (χ0) is 17.8. The van der Waals surface area contributed by atoms with Gasteiger partial charge in [-0.25, -0.2) is 4.79 Å². The molecule has 0 radical (unpaired) electrons. The van der Waals surface area contributed by atoms with Gasteiger partial charge in [0.2, 0.25) is 5.91 Å². The maximum absolute atomic E-state index is 11.7. The van der Waals surface area contributed by atoms with Crippen molar-refractivity contribution in [1.82, 2.24) is 15.5 Å². The molecule has 1 aliphatic rings. The number of hydrogen-bond donors (Lipinski definition) is 2. The summed E-state index contributed by atoms with van der Waals surface area (Å²) in [6, 6.07) is 0. The SMILES string of the molecule is CC(C)(C)OC(=O)NCCSCC(=O)NCCCCN1CCCC1. The second kappa shape index (κ2) is 11.6. The fourth-order valence-electron chi connectivity index (χ4n) is 2.45. The number of amides is 2. The number of likely N-dealkylation sites (tertiary alicyclic amines) is 1. The third-order valence-electron chi connectivity index (χ3n) is 3.57. The number of carbonyl (C=O) groups is 2. The molecule has 1 rings (SSSR count). The summed E-state index contributed by atoms with van der Waals surface area (Å²) in [5.74, 6) is 1.20. The third kappa shape index (κ3) is 11.6. The van der Waals surface area contributed by atoms with Crippen molar-refractivity contribution in [1.29, 1.82) is 0 Å². The van der Waals surface area contributed by atoms with Crippen LogP contribution in [0.4, 0.5) is 4.79 Å². The molecule has 24 heavy (non-hydrogen) atoms. The molecule has 1 aliphatic heterocycles. The Hall–Kier alpha value is -0.950. The molecule has 7 heteroatoms. The highest BCUT2D eigenvalue weighted by atomic mass is 32.2. The summed E-state index contributed by atoms with van der Waals surface area (Å²) in [4.78, 5) is 25.6. The van der Waals surface area contributed by atoms with E-state index in [4.69, 9.17) is 4.74 Å². The first-order valence-electron chi connectivity index (χ1n) is 8.90. The van der Waals surface area contributed by atoms with Crippen LogP contribution in [0.15, 0.2) is 0 Å². The minimum Gasteiger partial charge on any atom is -0.444 e. The molecule has 0 atom stereocenters. The van der Waals surface area contributed by atoms with Crippen LogP contribution in [0.2, 0.25) is 0 Å². The number of carbonyl (C=O) groups excluding carboxylic acids is 2. The summed E-state index contributed by atoms with van der Waals surface area (Å²) in [5.41, 5.74) is -0.480. The Labute approximate surface area is 150 Å². The second-order valence-corrected chi connectivity index (χ2v) is 8.19. The summed E-state index contributed by atoms with van der Waals surface area (Å²) < 4.78 is 5.14. The Morgan fingerprint density at radius 3 is 2.46 bits per heavy atom. The first kappa shape index (κ1) is 21.1. The summed E-state index contributed by atoms with van der Waals surface area (Å²) in [7, 11) is 0. The summed E-state index contributed by atoms with van der Waals surface area (Å²) >= 11 is 1.51. The highest BCUT2D eigenvalue weighted by molar-refractivity contribution is 7.99. The number of unbranched alkanes of at least 4 members (excludes halogenated alkanes) is 1. The van der Waals surface area contributed by atoms with Gasteiger partial charge in [0, 0.05) is 18.8 Å². The monoisotopic (exact) mass is 359 g/mol. The van der Waals surface area contributed by atoms with Crippen molar-refractivity contribution in [2.24, 2.45) is 0 Å². The van der Waals surface area contributed by atoms with E-state index in [0.717, 1.165) is 25.9 Å². The van der Waals surface area contributed by atoms with Gasteiger partial charge in [0.25, 0.3) is 0 Å². The Morgan fingerprint density at radius 2 is 1.79 bits per heavy atom. The van der Waals surface area contributed by atoms with Crippen LogP contribution in [0, 0.1) is 0 Å². The van der Waals surface area contributed by atoms with Crippen LogP contribution in [0.25, 0.3) is 0 Å². The first-order chi connectivity index (χ1) is 11.4. The smallest absolute Gasteiger partial charge is 0.407 e. The molecule has 2 N–H and O–H groups in total. The Bertz CT molecular complexity index is 380. The fourth-order valence-corrected chi connectivity index (χ4v) is 3.13. The van der Waals surface area contributed by atoms with Crippen LogP contribution in [0.5, 0.6) is 0 Å². The summed E-state index contributed by atoms with van der Waals surface area (Å²) in [5, 5.41) is 5.63. The highest BCUT2D eigenvalue weighted by Crippen LogP contribution is 2.08. The normalized spacial score (nSPS) is 15.3. The average Bonchev–Trinajstić information content (AvgIpc) is 2.98. The van der Waals surface area contributed by atoms with Gasteiger partial charge in [0.15, 0.2) is 0 Å². The van der Waals surface area contributed by atoms with Crippen molar-refractivity contribution >= 4 is 23.8 Å². The van der Waals surface area contributed by atoms with E-state index in [9.17, 15) is 9.59 Å². The number of hydrogen-bond acceptors (Lipinski definition) is 5. The van der Waals surface area contributed by atoms with Crippen molar-refractivity contribution in [3.05, 3.63) is 0 Å². The van der Waals surface area contributed by atoms with Crippen LogP contribution in [0.1, 0.15) is 46.5 Å². The quantitative estimate of drug-likeness (QED) is 0.585. The molecule has 0 aromatic carbocycles. The van der Waals surface area contributed by atoms with E-state index < -0.39 is 11.7 Å². The van der Waals surface area contributed by atoms with Gasteiger partial charge in [-0.05, 0) is 66.1 Å². The Morgan fingerprint density at radius 1 is 1.08 bits per heavy atom. The summed E-state index contributed by atoms with van der Waals surface area (Å²) in [6.45, 7) is 10.4. The molecular formula is C17H33N3O3S. The number of alkyl carbamates (subject to hydrolysis) is 1. The summed E-state index contributed by atoms with van der Waals surface area (Å²) in [6.07, 6.45) is 4.43. The molecule has 6 nitrogen and oxygen atoms in total. The van der Waals surface area contributed by atoms with E-state index in [1.165, 1.54) is 37.7 Å². The number of rotatable bonds is 10. The van der Waals surface area contributed by atoms with Crippen LogP contribution in [-0.2, 0) is 9.53 Å². The number of ether oxygens (including phenoxy) is 1. The van der Waals surface area contributed by atoms with Crippen LogP contribution >= 0.6 is 11.8 Å². The van der Waals surface area contributed by atoms with Crippen molar-refractivity contribution in [3.8, 4) is 0 Å². The van der Waals surface area contributed by atoms with Crippen molar-refractivity contribution in [2.75, 3.05) is 44.2 Å². The van der Waals surface area contributed by atoms with Crippen LogP contribution in [0.3, 0.4) is 0 Å². The molecule has 140 valence electrons. The van der Waals surface area contributed by atoms with E-state index in [-0.39, 0.29) is 5.91 Å². The minimum atomic E-state index is -0.480. The fraction of sp³-hybridized carbons (Fsp3) is 0.882. The van der Waals surface area contributed by atoms with Gasteiger partial charge in [-0.15, -0.1) is 0 Å². The van der Waals surface area contributed by atoms with Crippen molar-refractivity contribution < 1.29 is 14.3 Å². The number of nitrogens with zero attached hydrogens (tertiary/aromatic N) is 1. The van der Waals surface area contributed by atoms with E-state index in [2.05, 4.69) is 15.5 Å². The van der Waals surface area contributed by atoms with Gasteiger partial charge in [0.05, 0.1) is 5.75 Å². The Balaban J connectivity index is 1.88. The lowest BCUT2D eigenvalue weighted by atomic mass is 10.2. The molecule has 1 saturated heterocycles. The van der Waals surface area contributed by atoms with Gasteiger partial charge in [-0.3, -0.25) is 4.79 Å². The molecule has 0 bridgehead atoms. The van der Waals surface area contributed by atoms with E-state index >= 15 is 0 Å². The molecule has 1 heterocycles. The molecule has 0 aromatic rings. The van der Waals surface area contributed by atoms with Crippen LogP contribution in [-0.4, -0.2) is 66.7 Å². The molecule has 2 amide bonds. The third-order valence-corrected chi connectivity index (χ3v) is 4.53. The maximum atomic E-state index is 11.7. The second-order valence-electron chi connectivity index (χ2n) is 7.09. The molecule has 1 fully saturated rings. The zero-order valence-corrected chi connectivity index (χ0v) is 16.2. The molecular weight excluding hydrogens is 326 g/mol. The van der Waals surface area contributed by atoms with E-state index in [0.29, 0.717) is 18.1 Å². The van der Waals surface area contributed by atoms with E-state index in [1.807, 2.05) is 20.8 Å². The largest absolute Gasteiger partial charge is 0.444 e. The molecule has 0 saturated carbocycles. The van der Waals surface area contributed by atoms with Crippen LogP contribution < -0.4 is 10.6 Å². The predicted molar refractivity (Wildman–Crippen MR) is 99.5 cm³/mol. The lowest BCUT2D eigenvalue weighted by Crippen LogP contribution is -2.34. The first-order valence-corrected chi connectivity index (χ1v) is 10.1. The molecule has 0 aromatic heterocycles. The number of nitrogens with one attached hydrogen (secondary N) is 2. The lowest BCUT2D eigenvalue weighted by molar-refractivity contribution is -0.118. The van der Waals surface area contributed by atoms with Crippen molar-refractivity contribution in [2.45, 2.75) is 52.1 Å². The zero-order valence-electron chi connectivity index (χ0n) is 15.4. The van der Waals surface area contributed by atoms with E-state index in [1.54, 1.807) is 0 Å². The Kier molecular flexibility index (Phi) is 10.2. The minimum absolute atomic E-state index is 0.0680. The van der Waals surface area contributed by atoms with Crippen molar-refractivity contribution in [3.63, 3.8) is 0 Å².